The minimum absolute atomic E-state index is 0.0472. The van der Waals surface area contributed by atoms with E-state index in [1.165, 1.54) is 0 Å². The predicted octanol–water partition coefficient (Wildman–Crippen LogP) is 1.15. The SMILES string of the molecule is CC(C)(C)C(CNC(=O)NCc1ccc2c(c1)CNC2=O)OCCO. The van der Waals surface area contributed by atoms with Crippen molar-refractivity contribution in [1.82, 2.24) is 16.0 Å². The first kappa shape index (κ1) is 19.2. The summed E-state index contributed by atoms with van der Waals surface area (Å²) in [4.78, 5) is 23.5. The molecule has 0 spiro atoms. The highest BCUT2D eigenvalue weighted by Crippen LogP contribution is 2.21. The quantitative estimate of drug-likeness (QED) is 0.593. The van der Waals surface area contributed by atoms with Gasteiger partial charge in [-0.25, -0.2) is 4.79 Å². The number of fused-ring (bicyclic) bond motifs is 1. The van der Waals surface area contributed by atoms with Crippen molar-refractivity contribution in [2.75, 3.05) is 19.8 Å². The van der Waals surface area contributed by atoms with Crippen LogP contribution in [0.1, 0.15) is 42.3 Å². The zero-order chi connectivity index (χ0) is 18.4. The number of hydrogen-bond donors (Lipinski definition) is 4. The average molecular weight is 349 g/mol. The van der Waals surface area contributed by atoms with Crippen LogP contribution in [0, 0.1) is 5.41 Å². The number of aliphatic hydroxyl groups excluding tert-OH is 1. The lowest BCUT2D eigenvalue weighted by Crippen LogP contribution is -2.44. The Kier molecular flexibility index (Phi) is 6.39. The first-order chi connectivity index (χ1) is 11.8. The molecule has 0 saturated heterocycles. The van der Waals surface area contributed by atoms with Crippen LogP contribution in [0.15, 0.2) is 18.2 Å². The Morgan fingerprint density at radius 3 is 2.80 bits per heavy atom. The van der Waals surface area contributed by atoms with Gasteiger partial charge in [-0.2, -0.15) is 0 Å². The first-order valence-corrected chi connectivity index (χ1v) is 8.45. The first-order valence-electron chi connectivity index (χ1n) is 8.45. The monoisotopic (exact) mass is 349 g/mol. The third-order valence-electron chi connectivity index (χ3n) is 4.13. The van der Waals surface area contributed by atoms with Gasteiger partial charge in [-0.3, -0.25) is 4.79 Å². The molecule has 0 aliphatic carbocycles. The molecule has 7 heteroatoms. The average Bonchev–Trinajstić information content (AvgIpc) is 2.92. The van der Waals surface area contributed by atoms with Crippen molar-refractivity contribution in [2.24, 2.45) is 5.41 Å². The summed E-state index contributed by atoms with van der Waals surface area (Å²) in [7, 11) is 0. The van der Waals surface area contributed by atoms with E-state index in [0.717, 1.165) is 11.1 Å². The van der Waals surface area contributed by atoms with Crippen molar-refractivity contribution in [3.8, 4) is 0 Å². The van der Waals surface area contributed by atoms with E-state index in [0.29, 0.717) is 25.2 Å². The molecule has 3 amide bonds. The summed E-state index contributed by atoms with van der Waals surface area (Å²) in [5.41, 5.74) is 2.44. The molecule has 0 fully saturated rings. The van der Waals surface area contributed by atoms with Gasteiger partial charge >= 0.3 is 6.03 Å². The largest absolute Gasteiger partial charge is 0.394 e. The molecule has 1 aromatic rings. The lowest BCUT2D eigenvalue weighted by Gasteiger charge is -2.30. The molecular formula is C18H27N3O4. The van der Waals surface area contributed by atoms with Crippen molar-refractivity contribution in [1.29, 1.82) is 0 Å². The second-order valence-corrected chi connectivity index (χ2v) is 7.19. The van der Waals surface area contributed by atoms with Crippen LogP contribution >= 0.6 is 0 Å². The second-order valence-electron chi connectivity index (χ2n) is 7.19. The molecule has 0 aromatic heterocycles. The minimum Gasteiger partial charge on any atom is -0.394 e. The van der Waals surface area contributed by atoms with Crippen LogP contribution in [-0.4, -0.2) is 42.9 Å². The van der Waals surface area contributed by atoms with Crippen molar-refractivity contribution in [3.63, 3.8) is 0 Å². The standard InChI is InChI=1S/C18H27N3O4/c1-18(2,3)15(25-7-6-22)11-21-17(24)20-9-12-4-5-14-13(8-12)10-19-16(14)23/h4-5,8,15,22H,6-7,9-11H2,1-3H3,(H,19,23)(H2,20,21,24). The third kappa shape index (κ3) is 5.44. The zero-order valence-corrected chi connectivity index (χ0v) is 15.0. The molecule has 25 heavy (non-hydrogen) atoms. The lowest BCUT2D eigenvalue weighted by molar-refractivity contribution is -0.0285. The molecule has 1 unspecified atom stereocenters. The summed E-state index contributed by atoms with van der Waals surface area (Å²) < 4.78 is 5.60. The molecule has 1 heterocycles. The number of aliphatic hydroxyl groups is 1. The number of nitrogens with one attached hydrogen (secondary N) is 3. The Bertz CT molecular complexity index is 625. The number of hydrogen-bond acceptors (Lipinski definition) is 4. The van der Waals surface area contributed by atoms with Crippen LogP contribution in [0.3, 0.4) is 0 Å². The Morgan fingerprint density at radius 2 is 2.12 bits per heavy atom. The maximum Gasteiger partial charge on any atom is 0.315 e. The topological polar surface area (TPSA) is 99.7 Å². The molecular weight excluding hydrogens is 322 g/mol. The number of urea groups is 1. The molecule has 4 N–H and O–H groups in total. The summed E-state index contributed by atoms with van der Waals surface area (Å²) in [5, 5.41) is 17.3. The summed E-state index contributed by atoms with van der Waals surface area (Å²) in [6.45, 7) is 7.53. The number of rotatable bonds is 7. The maximum absolute atomic E-state index is 12.0. The molecule has 1 atom stereocenters. The summed E-state index contributed by atoms with van der Waals surface area (Å²) in [5.74, 6) is -0.0525. The number of carbonyl (C=O) groups excluding carboxylic acids is 2. The number of carbonyl (C=O) groups is 2. The molecule has 0 bridgehead atoms. The van der Waals surface area contributed by atoms with Gasteiger partial charge in [-0.1, -0.05) is 32.9 Å². The molecule has 7 nitrogen and oxygen atoms in total. The van der Waals surface area contributed by atoms with Gasteiger partial charge in [0.1, 0.15) is 0 Å². The van der Waals surface area contributed by atoms with Gasteiger partial charge in [0, 0.05) is 25.2 Å². The van der Waals surface area contributed by atoms with E-state index in [9.17, 15) is 9.59 Å². The van der Waals surface area contributed by atoms with Crippen molar-refractivity contribution in [3.05, 3.63) is 34.9 Å². The van der Waals surface area contributed by atoms with Gasteiger partial charge in [-0.05, 0) is 22.6 Å². The summed E-state index contributed by atoms with van der Waals surface area (Å²) >= 11 is 0. The molecule has 1 aliphatic heterocycles. The van der Waals surface area contributed by atoms with Crippen LogP contribution in [-0.2, 0) is 17.8 Å². The van der Waals surface area contributed by atoms with E-state index in [2.05, 4.69) is 16.0 Å². The van der Waals surface area contributed by atoms with Crippen molar-refractivity contribution in [2.45, 2.75) is 40.0 Å². The lowest BCUT2D eigenvalue weighted by atomic mass is 9.89. The highest BCUT2D eigenvalue weighted by molar-refractivity contribution is 5.98. The molecule has 1 aromatic carbocycles. The number of amides is 3. The Labute approximate surface area is 148 Å². The van der Waals surface area contributed by atoms with Crippen molar-refractivity contribution < 1.29 is 19.4 Å². The normalized spacial score (nSPS) is 14.6. The fourth-order valence-corrected chi connectivity index (χ4v) is 2.64. The molecule has 1 aliphatic rings. The Hall–Kier alpha value is -2.12. The zero-order valence-electron chi connectivity index (χ0n) is 15.0. The second kappa shape index (κ2) is 8.31. The van der Waals surface area contributed by atoms with Gasteiger partial charge in [0.25, 0.3) is 5.91 Å². The van der Waals surface area contributed by atoms with Gasteiger partial charge in [0.15, 0.2) is 0 Å². The van der Waals surface area contributed by atoms with Gasteiger partial charge in [0.2, 0.25) is 0 Å². The van der Waals surface area contributed by atoms with E-state index >= 15 is 0 Å². The van der Waals surface area contributed by atoms with E-state index in [1.807, 2.05) is 32.9 Å². The van der Waals surface area contributed by atoms with Crippen LogP contribution < -0.4 is 16.0 Å². The smallest absolute Gasteiger partial charge is 0.315 e. The van der Waals surface area contributed by atoms with Crippen LogP contribution in [0.4, 0.5) is 4.79 Å². The minimum atomic E-state index is -0.281. The van der Waals surface area contributed by atoms with E-state index < -0.39 is 0 Å². The molecule has 0 radical (unpaired) electrons. The highest BCUT2D eigenvalue weighted by atomic mass is 16.5. The summed E-state index contributed by atoms with van der Waals surface area (Å²) in [6, 6.07) is 5.27. The number of benzene rings is 1. The van der Waals surface area contributed by atoms with E-state index in [-0.39, 0.29) is 36.7 Å². The third-order valence-corrected chi connectivity index (χ3v) is 4.13. The maximum atomic E-state index is 12.0. The fourth-order valence-electron chi connectivity index (χ4n) is 2.64. The van der Waals surface area contributed by atoms with Crippen LogP contribution in [0.2, 0.25) is 0 Å². The molecule has 138 valence electrons. The van der Waals surface area contributed by atoms with Gasteiger partial charge in [0.05, 0.1) is 19.3 Å². The number of ether oxygens (including phenoxy) is 1. The molecule has 0 saturated carbocycles. The fraction of sp³-hybridized carbons (Fsp3) is 0.556. The molecule has 2 rings (SSSR count). The van der Waals surface area contributed by atoms with Gasteiger partial charge in [-0.15, -0.1) is 0 Å². The van der Waals surface area contributed by atoms with Gasteiger partial charge < -0.3 is 25.8 Å². The van der Waals surface area contributed by atoms with Crippen molar-refractivity contribution >= 4 is 11.9 Å². The van der Waals surface area contributed by atoms with Crippen LogP contribution in [0.5, 0.6) is 0 Å². The van der Waals surface area contributed by atoms with Crippen LogP contribution in [0.25, 0.3) is 0 Å². The highest BCUT2D eigenvalue weighted by Gasteiger charge is 2.25. The van der Waals surface area contributed by atoms with E-state index in [4.69, 9.17) is 9.84 Å². The Balaban J connectivity index is 1.81. The Morgan fingerprint density at radius 1 is 1.36 bits per heavy atom. The van der Waals surface area contributed by atoms with E-state index in [1.54, 1.807) is 6.07 Å². The summed E-state index contributed by atoms with van der Waals surface area (Å²) in [6.07, 6.45) is -0.192. The predicted molar refractivity (Wildman–Crippen MR) is 94.1 cm³/mol.